The standard InChI is InChI=1S/C24H21N3O2S/c1-3-16(2)27-23(28)22(30-24(27)29)12-19-15-26(21-11-7-6-10-20(19)21)14-18-9-5-4-8-17(18)13-25/h4-12,15-16H,3,14H2,1-2H3/b22-12-/t16-/m0/s1. The van der Waals surface area contributed by atoms with Crippen molar-refractivity contribution in [3.8, 4) is 6.07 Å². The number of para-hydroxylation sites is 1. The quantitative estimate of drug-likeness (QED) is 0.524. The van der Waals surface area contributed by atoms with E-state index in [9.17, 15) is 14.9 Å². The molecule has 6 heteroatoms. The Labute approximate surface area is 179 Å². The predicted molar refractivity (Wildman–Crippen MR) is 120 cm³/mol. The van der Waals surface area contributed by atoms with Gasteiger partial charge >= 0.3 is 0 Å². The smallest absolute Gasteiger partial charge is 0.293 e. The van der Waals surface area contributed by atoms with Crippen molar-refractivity contribution in [2.45, 2.75) is 32.9 Å². The number of rotatable bonds is 5. The maximum atomic E-state index is 12.8. The largest absolute Gasteiger partial charge is 0.342 e. The van der Waals surface area contributed by atoms with Crippen molar-refractivity contribution < 1.29 is 9.59 Å². The van der Waals surface area contributed by atoms with Crippen LogP contribution in [0.3, 0.4) is 0 Å². The first-order valence-electron chi connectivity index (χ1n) is 9.86. The summed E-state index contributed by atoms with van der Waals surface area (Å²) in [6, 6.07) is 17.6. The van der Waals surface area contributed by atoms with Gasteiger partial charge in [0.2, 0.25) is 0 Å². The molecule has 0 unspecified atom stereocenters. The van der Waals surface area contributed by atoms with Gasteiger partial charge in [0.15, 0.2) is 0 Å². The van der Waals surface area contributed by atoms with Crippen molar-refractivity contribution in [2.24, 2.45) is 0 Å². The summed E-state index contributed by atoms with van der Waals surface area (Å²) in [7, 11) is 0. The molecule has 2 amide bonds. The highest BCUT2D eigenvalue weighted by atomic mass is 32.2. The lowest BCUT2D eigenvalue weighted by molar-refractivity contribution is -0.124. The van der Waals surface area contributed by atoms with Crippen LogP contribution in [0.4, 0.5) is 4.79 Å². The van der Waals surface area contributed by atoms with Crippen LogP contribution in [-0.4, -0.2) is 26.7 Å². The van der Waals surface area contributed by atoms with Crippen LogP contribution >= 0.6 is 11.8 Å². The third-order valence-electron chi connectivity index (χ3n) is 5.44. The Kier molecular flexibility index (Phi) is 5.47. The predicted octanol–water partition coefficient (Wildman–Crippen LogP) is 5.40. The SMILES string of the molecule is CC[C@H](C)N1C(=O)S/C(=C\c2cn(Cc3ccccc3C#N)c3ccccc23)C1=O. The molecule has 1 saturated heterocycles. The molecule has 4 rings (SSSR count). The average Bonchev–Trinajstić information content (AvgIpc) is 3.25. The normalized spacial score (nSPS) is 16.4. The third-order valence-corrected chi connectivity index (χ3v) is 6.32. The van der Waals surface area contributed by atoms with Gasteiger partial charge in [-0.1, -0.05) is 43.3 Å². The summed E-state index contributed by atoms with van der Waals surface area (Å²) in [6.07, 6.45) is 4.52. The van der Waals surface area contributed by atoms with E-state index in [1.54, 1.807) is 0 Å². The van der Waals surface area contributed by atoms with E-state index in [1.807, 2.05) is 74.7 Å². The van der Waals surface area contributed by atoms with Crippen LogP contribution in [0.5, 0.6) is 0 Å². The van der Waals surface area contributed by atoms with E-state index in [4.69, 9.17) is 0 Å². The lowest BCUT2D eigenvalue weighted by Crippen LogP contribution is -2.36. The van der Waals surface area contributed by atoms with Gasteiger partial charge in [0.25, 0.3) is 11.1 Å². The Morgan fingerprint density at radius 2 is 1.87 bits per heavy atom. The first-order chi connectivity index (χ1) is 14.5. The minimum Gasteiger partial charge on any atom is -0.342 e. The van der Waals surface area contributed by atoms with Crippen molar-refractivity contribution in [1.82, 2.24) is 9.47 Å². The van der Waals surface area contributed by atoms with Gasteiger partial charge < -0.3 is 4.57 Å². The molecule has 1 aliphatic heterocycles. The summed E-state index contributed by atoms with van der Waals surface area (Å²) in [4.78, 5) is 27.0. The summed E-state index contributed by atoms with van der Waals surface area (Å²) in [5.41, 5.74) is 3.48. The number of hydrogen-bond acceptors (Lipinski definition) is 4. The molecular weight excluding hydrogens is 394 g/mol. The van der Waals surface area contributed by atoms with Crippen LogP contribution in [0.15, 0.2) is 59.6 Å². The molecule has 0 bridgehead atoms. The zero-order chi connectivity index (χ0) is 21.3. The van der Waals surface area contributed by atoms with Gasteiger partial charge in [-0.05, 0) is 48.9 Å². The van der Waals surface area contributed by atoms with Gasteiger partial charge in [-0.15, -0.1) is 0 Å². The minimum absolute atomic E-state index is 0.118. The molecule has 0 aliphatic carbocycles. The van der Waals surface area contributed by atoms with Crippen LogP contribution in [0, 0.1) is 11.3 Å². The Hall–Kier alpha value is -3.30. The van der Waals surface area contributed by atoms with E-state index in [1.165, 1.54) is 4.90 Å². The topological polar surface area (TPSA) is 66.1 Å². The number of nitrogens with zero attached hydrogens (tertiary/aromatic N) is 3. The Balaban J connectivity index is 1.75. The molecule has 0 N–H and O–H groups in total. The van der Waals surface area contributed by atoms with E-state index < -0.39 is 0 Å². The lowest BCUT2D eigenvalue weighted by atomic mass is 10.1. The van der Waals surface area contributed by atoms with Crippen molar-refractivity contribution in [1.29, 1.82) is 5.26 Å². The van der Waals surface area contributed by atoms with Crippen LogP contribution in [0.25, 0.3) is 17.0 Å². The highest BCUT2D eigenvalue weighted by Crippen LogP contribution is 2.35. The lowest BCUT2D eigenvalue weighted by Gasteiger charge is -2.19. The second-order valence-corrected chi connectivity index (χ2v) is 8.30. The molecular formula is C24H21N3O2S. The Morgan fingerprint density at radius 1 is 1.13 bits per heavy atom. The zero-order valence-electron chi connectivity index (χ0n) is 16.8. The number of thioether (sulfide) groups is 1. The van der Waals surface area contributed by atoms with E-state index in [0.717, 1.165) is 40.2 Å². The fourth-order valence-electron chi connectivity index (χ4n) is 3.66. The second kappa shape index (κ2) is 8.21. The molecule has 150 valence electrons. The number of fused-ring (bicyclic) bond motifs is 1. The maximum Gasteiger partial charge on any atom is 0.293 e. The minimum atomic E-state index is -0.231. The third kappa shape index (κ3) is 3.53. The summed E-state index contributed by atoms with van der Waals surface area (Å²) >= 11 is 0.994. The average molecular weight is 416 g/mol. The van der Waals surface area contributed by atoms with Gasteiger partial charge in [0.05, 0.1) is 16.5 Å². The monoisotopic (exact) mass is 415 g/mol. The molecule has 1 fully saturated rings. The molecule has 0 radical (unpaired) electrons. The maximum absolute atomic E-state index is 12.8. The number of carbonyl (C=O) groups is 2. The fourth-order valence-corrected chi connectivity index (χ4v) is 4.58. The summed E-state index contributed by atoms with van der Waals surface area (Å²) in [5, 5.41) is 10.2. The van der Waals surface area contributed by atoms with Crippen LogP contribution in [0.2, 0.25) is 0 Å². The number of amides is 2. The second-order valence-electron chi connectivity index (χ2n) is 7.31. The number of aromatic nitrogens is 1. The van der Waals surface area contributed by atoms with E-state index >= 15 is 0 Å². The van der Waals surface area contributed by atoms with E-state index in [0.29, 0.717) is 17.0 Å². The molecule has 3 aromatic rings. The molecule has 0 saturated carbocycles. The van der Waals surface area contributed by atoms with Gasteiger partial charge in [-0.2, -0.15) is 5.26 Å². The number of hydrogen-bond donors (Lipinski definition) is 0. The van der Waals surface area contributed by atoms with Crippen molar-refractivity contribution >= 4 is 39.9 Å². The fraction of sp³-hybridized carbons (Fsp3) is 0.208. The van der Waals surface area contributed by atoms with Crippen LogP contribution in [0.1, 0.15) is 37.0 Å². The number of carbonyl (C=O) groups excluding carboxylic acids is 2. The number of benzene rings is 2. The summed E-state index contributed by atoms with van der Waals surface area (Å²) in [6.45, 7) is 4.40. The van der Waals surface area contributed by atoms with E-state index in [-0.39, 0.29) is 17.2 Å². The van der Waals surface area contributed by atoms with Crippen LogP contribution in [-0.2, 0) is 11.3 Å². The number of imide groups is 1. The van der Waals surface area contributed by atoms with Gasteiger partial charge in [-0.3, -0.25) is 14.5 Å². The molecule has 5 nitrogen and oxygen atoms in total. The van der Waals surface area contributed by atoms with E-state index in [2.05, 4.69) is 10.6 Å². The molecule has 1 aliphatic rings. The molecule has 2 aromatic carbocycles. The molecule has 30 heavy (non-hydrogen) atoms. The summed E-state index contributed by atoms with van der Waals surface area (Å²) < 4.78 is 2.08. The molecule has 0 spiro atoms. The Bertz CT molecular complexity index is 1220. The first-order valence-corrected chi connectivity index (χ1v) is 10.7. The van der Waals surface area contributed by atoms with Crippen molar-refractivity contribution in [2.75, 3.05) is 0 Å². The first kappa shape index (κ1) is 20.0. The number of nitriles is 1. The van der Waals surface area contributed by atoms with Gasteiger partial charge in [0, 0.05) is 35.2 Å². The Morgan fingerprint density at radius 3 is 2.63 bits per heavy atom. The molecule has 1 atom stereocenters. The van der Waals surface area contributed by atoms with Gasteiger partial charge in [-0.25, -0.2) is 0 Å². The van der Waals surface area contributed by atoms with Crippen LogP contribution < -0.4 is 0 Å². The van der Waals surface area contributed by atoms with Crippen molar-refractivity contribution in [3.63, 3.8) is 0 Å². The van der Waals surface area contributed by atoms with Gasteiger partial charge in [0.1, 0.15) is 0 Å². The molecule has 1 aromatic heterocycles. The zero-order valence-corrected chi connectivity index (χ0v) is 17.6. The van der Waals surface area contributed by atoms with Crippen molar-refractivity contribution in [3.05, 3.63) is 76.3 Å². The highest BCUT2D eigenvalue weighted by Gasteiger charge is 2.37. The summed E-state index contributed by atoms with van der Waals surface area (Å²) in [5.74, 6) is -0.231. The highest BCUT2D eigenvalue weighted by molar-refractivity contribution is 8.18. The molecule has 2 heterocycles.